The summed E-state index contributed by atoms with van der Waals surface area (Å²) in [5.41, 5.74) is 1.28. The molecule has 0 heterocycles. The largest absolute Gasteiger partial charge is 0.381 e. The zero-order valence-corrected chi connectivity index (χ0v) is 10.8. The fourth-order valence-corrected chi connectivity index (χ4v) is 2.52. The number of hydrogen-bond donors (Lipinski definition) is 1. The molecular formula is C12H16IN. The van der Waals surface area contributed by atoms with Crippen molar-refractivity contribution in [3.05, 3.63) is 27.8 Å². The molecule has 0 amide bonds. The van der Waals surface area contributed by atoms with E-state index in [4.69, 9.17) is 0 Å². The summed E-state index contributed by atoms with van der Waals surface area (Å²) >= 11 is 2.38. The molecule has 0 radical (unpaired) electrons. The Morgan fingerprint density at radius 3 is 2.64 bits per heavy atom. The van der Waals surface area contributed by atoms with E-state index in [1.165, 1.54) is 15.7 Å². The van der Waals surface area contributed by atoms with Crippen molar-refractivity contribution < 1.29 is 0 Å². The third-order valence-corrected chi connectivity index (χ3v) is 4.01. The highest BCUT2D eigenvalue weighted by Gasteiger charge is 2.37. The van der Waals surface area contributed by atoms with Gasteiger partial charge in [0.25, 0.3) is 0 Å². The van der Waals surface area contributed by atoms with Gasteiger partial charge in [-0.2, -0.15) is 0 Å². The second-order valence-corrected chi connectivity index (χ2v) is 5.45. The van der Waals surface area contributed by atoms with Crippen LogP contribution in [-0.2, 0) is 0 Å². The van der Waals surface area contributed by atoms with Crippen molar-refractivity contribution in [2.75, 3.05) is 5.32 Å². The summed E-state index contributed by atoms with van der Waals surface area (Å²) in [6, 6.07) is 9.09. The van der Waals surface area contributed by atoms with Gasteiger partial charge in [0.15, 0.2) is 0 Å². The zero-order chi connectivity index (χ0) is 10.1. The van der Waals surface area contributed by atoms with Crippen molar-refractivity contribution >= 4 is 28.3 Å². The maximum absolute atomic E-state index is 3.60. The van der Waals surface area contributed by atoms with Gasteiger partial charge in [-0.3, -0.25) is 0 Å². The molecule has 1 nitrogen and oxygen atoms in total. The molecule has 1 fully saturated rings. The average Bonchev–Trinajstić information content (AvgIpc) is 2.87. The van der Waals surface area contributed by atoms with Crippen molar-refractivity contribution in [3.63, 3.8) is 0 Å². The Balaban J connectivity index is 2.00. The van der Waals surface area contributed by atoms with E-state index < -0.39 is 0 Å². The highest BCUT2D eigenvalue weighted by molar-refractivity contribution is 14.1. The molecule has 1 aliphatic carbocycles. The van der Waals surface area contributed by atoms with E-state index in [2.05, 4.69) is 66.0 Å². The minimum atomic E-state index is 0.612. The maximum atomic E-state index is 3.60. The van der Waals surface area contributed by atoms with Crippen molar-refractivity contribution in [3.8, 4) is 0 Å². The number of para-hydroxylation sites is 1. The summed E-state index contributed by atoms with van der Waals surface area (Å²) in [6.45, 7) is 4.62. The molecule has 1 aromatic carbocycles. The van der Waals surface area contributed by atoms with Crippen LogP contribution in [0.4, 0.5) is 5.69 Å². The van der Waals surface area contributed by atoms with Crippen LogP contribution in [0.25, 0.3) is 0 Å². The van der Waals surface area contributed by atoms with Crippen LogP contribution >= 0.6 is 22.6 Å². The van der Waals surface area contributed by atoms with Gasteiger partial charge in [0.2, 0.25) is 0 Å². The molecule has 2 rings (SSSR count). The summed E-state index contributed by atoms with van der Waals surface area (Å²) in [6.07, 6.45) is 1.39. The van der Waals surface area contributed by atoms with Crippen LogP contribution in [0.15, 0.2) is 24.3 Å². The van der Waals surface area contributed by atoms with E-state index in [1.807, 2.05) is 0 Å². The summed E-state index contributed by atoms with van der Waals surface area (Å²) in [5, 5.41) is 3.60. The van der Waals surface area contributed by atoms with Gasteiger partial charge >= 0.3 is 0 Å². The van der Waals surface area contributed by atoms with Crippen LogP contribution in [0.1, 0.15) is 20.3 Å². The van der Waals surface area contributed by atoms with Gasteiger partial charge in [0, 0.05) is 15.3 Å². The van der Waals surface area contributed by atoms with Crippen LogP contribution in [0, 0.1) is 15.4 Å². The highest BCUT2D eigenvalue weighted by Crippen LogP contribution is 2.41. The first-order valence-corrected chi connectivity index (χ1v) is 6.27. The highest BCUT2D eigenvalue weighted by atomic mass is 127. The Morgan fingerprint density at radius 1 is 1.43 bits per heavy atom. The molecule has 1 N–H and O–H groups in total. The number of nitrogens with one attached hydrogen (secondary N) is 1. The first kappa shape index (κ1) is 10.3. The topological polar surface area (TPSA) is 12.0 Å². The maximum Gasteiger partial charge on any atom is 0.0478 e. The van der Waals surface area contributed by atoms with E-state index in [0.717, 1.165) is 11.8 Å². The van der Waals surface area contributed by atoms with Gasteiger partial charge in [0.1, 0.15) is 0 Å². The lowest BCUT2D eigenvalue weighted by Crippen LogP contribution is -2.18. The van der Waals surface area contributed by atoms with Crippen molar-refractivity contribution in [2.45, 2.75) is 26.3 Å². The lowest BCUT2D eigenvalue weighted by molar-refractivity contribution is 0.645. The number of benzene rings is 1. The van der Waals surface area contributed by atoms with Gasteiger partial charge in [0.05, 0.1) is 0 Å². The average molecular weight is 301 g/mol. The second kappa shape index (κ2) is 4.09. The second-order valence-electron chi connectivity index (χ2n) is 4.29. The van der Waals surface area contributed by atoms with Crippen LogP contribution in [0.2, 0.25) is 0 Å². The predicted molar refractivity (Wildman–Crippen MR) is 69.5 cm³/mol. The summed E-state index contributed by atoms with van der Waals surface area (Å²) < 4.78 is 1.31. The summed E-state index contributed by atoms with van der Waals surface area (Å²) in [7, 11) is 0. The normalized spacial score (nSPS) is 27.1. The van der Waals surface area contributed by atoms with Crippen LogP contribution in [0.5, 0.6) is 0 Å². The van der Waals surface area contributed by atoms with Gasteiger partial charge in [-0.15, -0.1) is 0 Å². The minimum absolute atomic E-state index is 0.612. The monoisotopic (exact) mass is 301 g/mol. The number of hydrogen-bond acceptors (Lipinski definition) is 1. The van der Waals surface area contributed by atoms with E-state index in [1.54, 1.807) is 0 Å². The Morgan fingerprint density at radius 2 is 2.07 bits per heavy atom. The van der Waals surface area contributed by atoms with Crippen LogP contribution in [0.3, 0.4) is 0 Å². The summed E-state index contributed by atoms with van der Waals surface area (Å²) in [5.74, 6) is 1.80. The predicted octanol–water partition coefficient (Wildman–Crippen LogP) is 3.75. The van der Waals surface area contributed by atoms with Crippen LogP contribution in [-0.4, -0.2) is 6.04 Å². The SMILES string of the molecule is CC1CC1C(C)Nc1ccccc1I. The molecule has 0 aromatic heterocycles. The molecule has 3 unspecified atom stereocenters. The first-order valence-electron chi connectivity index (χ1n) is 5.19. The van der Waals surface area contributed by atoms with Gasteiger partial charge < -0.3 is 5.32 Å². The van der Waals surface area contributed by atoms with E-state index in [-0.39, 0.29) is 0 Å². The first-order chi connectivity index (χ1) is 6.68. The Labute approximate surface area is 99.4 Å². The molecule has 1 aliphatic rings. The molecule has 0 bridgehead atoms. The molecule has 2 heteroatoms. The molecule has 1 aromatic rings. The van der Waals surface area contributed by atoms with Crippen molar-refractivity contribution in [1.82, 2.24) is 0 Å². The van der Waals surface area contributed by atoms with Gasteiger partial charge in [-0.25, -0.2) is 0 Å². The zero-order valence-electron chi connectivity index (χ0n) is 8.63. The standard InChI is InChI=1S/C12H16IN/c1-8-7-10(8)9(2)14-12-6-4-3-5-11(12)13/h3-6,8-10,14H,7H2,1-2H3. The van der Waals surface area contributed by atoms with Crippen LogP contribution < -0.4 is 5.32 Å². The molecular weight excluding hydrogens is 285 g/mol. The molecule has 1 saturated carbocycles. The number of rotatable bonds is 3. The Hall–Kier alpha value is -0.250. The quantitative estimate of drug-likeness (QED) is 0.839. The Bertz CT molecular complexity index is 324. The van der Waals surface area contributed by atoms with Gasteiger partial charge in [-0.1, -0.05) is 19.1 Å². The van der Waals surface area contributed by atoms with E-state index >= 15 is 0 Å². The molecule has 0 saturated heterocycles. The lowest BCUT2D eigenvalue weighted by Gasteiger charge is -2.15. The fraction of sp³-hybridized carbons (Fsp3) is 0.500. The fourth-order valence-electron chi connectivity index (χ4n) is 1.98. The smallest absolute Gasteiger partial charge is 0.0478 e. The number of anilines is 1. The Kier molecular flexibility index (Phi) is 3.00. The van der Waals surface area contributed by atoms with Gasteiger partial charge in [-0.05, 0) is 59.9 Å². The molecule has 0 aliphatic heterocycles. The molecule has 14 heavy (non-hydrogen) atoms. The van der Waals surface area contributed by atoms with E-state index in [0.29, 0.717) is 6.04 Å². The molecule has 0 spiro atoms. The lowest BCUT2D eigenvalue weighted by atomic mass is 10.1. The molecule has 3 atom stereocenters. The number of halogens is 1. The molecule has 76 valence electrons. The summed E-state index contributed by atoms with van der Waals surface area (Å²) in [4.78, 5) is 0. The third kappa shape index (κ3) is 2.22. The van der Waals surface area contributed by atoms with Crippen molar-refractivity contribution in [2.24, 2.45) is 11.8 Å². The van der Waals surface area contributed by atoms with Crippen molar-refractivity contribution in [1.29, 1.82) is 0 Å². The minimum Gasteiger partial charge on any atom is -0.381 e. The third-order valence-electron chi connectivity index (χ3n) is 3.07. The van der Waals surface area contributed by atoms with E-state index in [9.17, 15) is 0 Å².